The minimum atomic E-state index is 0.183. The van der Waals surface area contributed by atoms with Gasteiger partial charge in [-0.05, 0) is 34.7 Å². The summed E-state index contributed by atoms with van der Waals surface area (Å²) >= 11 is 6.03. The Morgan fingerprint density at radius 3 is 2.29 bits per heavy atom. The van der Waals surface area contributed by atoms with E-state index in [1.165, 1.54) is 11.1 Å². The van der Waals surface area contributed by atoms with Crippen molar-refractivity contribution >= 4 is 17.3 Å². The van der Waals surface area contributed by atoms with Crippen LogP contribution in [-0.2, 0) is 12.0 Å². The van der Waals surface area contributed by atoms with Gasteiger partial charge in [-0.25, -0.2) is 0 Å². The topological polar surface area (TPSA) is 21.3 Å². The lowest BCUT2D eigenvalue weighted by Crippen LogP contribution is -2.11. The molecule has 2 aromatic carbocycles. The molecule has 1 N–H and O–H groups in total. The van der Waals surface area contributed by atoms with Gasteiger partial charge in [0.05, 0.1) is 12.8 Å². The Kier molecular flexibility index (Phi) is 4.79. The molecule has 2 rings (SSSR count). The zero-order valence-corrected chi connectivity index (χ0v) is 13.8. The van der Waals surface area contributed by atoms with E-state index >= 15 is 0 Å². The molecule has 112 valence electrons. The van der Waals surface area contributed by atoms with Crippen LogP contribution >= 0.6 is 11.6 Å². The van der Waals surface area contributed by atoms with Crippen molar-refractivity contribution in [2.24, 2.45) is 0 Å². The molecule has 0 heterocycles. The van der Waals surface area contributed by atoms with E-state index in [1.807, 2.05) is 18.2 Å². The van der Waals surface area contributed by atoms with Crippen LogP contribution in [0.15, 0.2) is 42.5 Å². The van der Waals surface area contributed by atoms with E-state index < -0.39 is 0 Å². The first-order chi connectivity index (χ1) is 9.90. The fourth-order valence-corrected chi connectivity index (χ4v) is 2.31. The molecular weight excluding hydrogens is 282 g/mol. The van der Waals surface area contributed by atoms with E-state index in [-0.39, 0.29) is 5.41 Å². The number of halogens is 1. The van der Waals surface area contributed by atoms with E-state index in [1.54, 1.807) is 7.11 Å². The summed E-state index contributed by atoms with van der Waals surface area (Å²) in [6, 6.07) is 14.3. The number of nitrogens with one attached hydrogen (secondary N) is 1. The Morgan fingerprint density at radius 1 is 1.05 bits per heavy atom. The summed E-state index contributed by atoms with van der Waals surface area (Å²) in [6.07, 6.45) is 0. The Labute approximate surface area is 132 Å². The van der Waals surface area contributed by atoms with Crippen LogP contribution in [0.3, 0.4) is 0 Å². The van der Waals surface area contributed by atoms with Gasteiger partial charge in [-0.2, -0.15) is 0 Å². The van der Waals surface area contributed by atoms with Crippen molar-refractivity contribution in [3.8, 4) is 5.75 Å². The van der Waals surface area contributed by atoms with E-state index in [0.717, 1.165) is 18.0 Å². The number of methoxy groups -OCH3 is 1. The molecule has 0 aromatic heterocycles. The minimum Gasteiger partial charge on any atom is -0.495 e. The molecule has 0 fully saturated rings. The average molecular weight is 304 g/mol. The zero-order valence-electron chi connectivity index (χ0n) is 13.0. The molecule has 21 heavy (non-hydrogen) atoms. The van der Waals surface area contributed by atoms with Crippen LogP contribution in [0.4, 0.5) is 5.69 Å². The van der Waals surface area contributed by atoms with Gasteiger partial charge in [0, 0.05) is 11.6 Å². The zero-order chi connectivity index (χ0) is 15.5. The molecule has 0 saturated heterocycles. The SMILES string of the molecule is COc1ccc(Cl)cc1NCc1ccc(C(C)(C)C)cc1. The van der Waals surface area contributed by atoms with Gasteiger partial charge in [-0.3, -0.25) is 0 Å². The van der Waals surface area contributed by atoms with Gasteiger partial charge < -0.3 is 10.1 Å². The molecule has 2 aromatic rings. The number of hydrogen-bond donors (Lipinski definition) is 1. The van der Waals surface area contributed by atoms with Crippen molar-refractivity contribution in [1.82, 2.24) is 0 Å². The van der Waals surface area contributed by atoms with Gasteiger partial charge in [0.15, 0.2) is 0 Å². The third-order valence-electron chi connectivity index (χ3n) is 3.46. The van der Waals surface area contributed by atoms with Crippen molar-refractivity contribution in [3.63, 3.8) is 0 Å². The first kappa shape index (κ1) is 15.7. The van der Waals surface area contributed by atoms with Crippen LogP contribution in [0.25, 0.3) is 0 Å². The van der Waals surface area contributed by atoms with Crippen LogP contribution in [0.5, 0.6) is 5.75 Å². The lowest BCUT2D eigenvalue weighted by atomic mass is 9.87. The smallest absolute Gasteiger partial charge is 0.142 e. The molecule has 0 aliphatic heterocycles. The molecule has 3 heteroatoms. The number of benzene rings is 2. The molecule has 0 bridgehead atoms. The summed E-state index contributed by atoms with van der Waals surface area (Å²) in [5.74, 6) is 0.797. The molecule has 0 unspecified atom stereocenters. The molecule has 0 radical (unpaired) electrons. The number of hydrogen-bond acceptors (Lipinski definition) is 2. The minimum absolute atomic E-state index is 0.183. The highest BCUT2D eigenvalue weighted by atomic mass is 35.5. The summed E-state index contributed by atoms with van der Waals surface area (Å²) in [5.41, 5.74) is 3.66. The third kappa shape index (κ3) is 4.15. The van der Waals surface area contributed by atoms with Gasteiger partial charge in [-0.15, -0.1) is 0 Å². The normalized spacial score (nSPS) is 11.3. The van der Waals surface area contributed by atoms with E-state index in [2.05, 4.69) is 50.4 Å². The molecule has 0 amide bonds. The summed E-state index contributed by atoms with van der Waals surface area (Å²) < 4.78 is 5.33. The first-order valence-corrected chi connectivity index (χ1v) is 7.45. The Morgan fingerprint density at radius 2 is 1.71 bits per heavy atom. The Balaban J connectivity index is 2.08. The van der Waals surface area contributed by atoms with Gasteiger partial charge in [-0.1, -0.05) is 56.6 Å². The standard InChI is InChI=1S/C18H22ClNO/c1-18(2,3)14-7-5-13(6-8-14)12-20-16-11-15(19)9-10-17(16)21-4/h5-11,20H,12H2,1-4H3. The van der Waals surface area contributed by atoms with Crippen molar-refractivity contribution in [2.75, 3.05) is 12.4 Å². The van der Waals surface area contributed by atoms with E-state index in [0.29, 0.717) is 5.02 Å². The Hall–Kier alpha value is -1.67. The lowest BCUT2D eigenvalue weighted by Gasteiger charge is -2.19. The summed E-state index contributed by atoms with van der Waals surface area (Å²) in [5, 5.41) is 4.07. The van der Waals surface area contributed by atoms with Gasteiger partial charge in [0.2, 0.25) is 0 Å². The molecule has 0 atom stereocenters. The lowest BCUT2D eigenvalue weighted by molar-refractivity contribution is 0.416. The number of ether oxygens (including phenoxy) is 1. The highest BCUT2D eigenvalue weighted by Crippen LogP contribution is 2.28. The second-order valence-corrected chi connectivity index (χ2v) is 6.58. The molecule has 0 spiro atoms. The molecule has 0 aliphatic rings. The summed E-state index contributed by atoms with van der Waals surface area (Å²) in [6.45, 7) is 7.40. The van der Waals surface area contributed by atoms with Crippen molar-refractivity contribution in [1.29, 1.82) is 0 Å². The third-order valence-corrected chi connectivity index (χ3v) is 3.70. The van der Waals surface area contributed by atoms with Crippen LogP contribution in [-0.4, -0.2) is 7.11 Å². The van der Waals surface area contributed by atoms with Crippen molar-refractivity contribution in [2.45, 2.75) is 32.7 Å². The predicted molar refractivity (Wildman–Crippen MR) is 90.5 cm³/mol. The number of rotatable bonds is 4. The monoisotopic (exact) mass is 303 g/mol. The fraction of sp³-hybridized carbons (Fsp3) is 0.333. The first-order valence-electron chi connectivity index (χ1n) is 7.07. The van der Waals surface area contributed by atoms with E-state index in [9.17, 15) is 0 Å². The van der Waals surface area contributed by atoms with Gasteiger partial charge in [0.25, 0.3) is 0 Å². The predicted octanol–water partition coefficient (Wildman–Crippen LogP) is 5.26. The van der Waals surface area contributed by atoms with Gasteiger partial charge in [0.1, 0.15) is 5.75 Å². The largest absolute Gasteiger partial charge is 0.495 e. The van der Waals surface area contributed by atoms with E-state index in [4.69, 9.17) is 16.3 Å². The van der Waals surface area contributed by atoms with Crippen LogP contribution < -0.4 is 10.1 Å². The summed E-state index contributed by atoms with van der Waals surface area (Å²) in [7, 11) is 1.66. The maximum absolute atomic E-state index is 6.03. The molecule has 0 saturated carbocycles. The maximum atomic E-state index is 6.03. The maximum Gasteiger partial charge on any atom is 0.142 e. The molecule has 0 aliphatic carbocycles. The molecule has 2 nitrogen and oxygen atoms in total. The molecular formula is C18H22ClNO. The highest BCUT2D eigenvalue weighted by Gasteiger charge is 2.12. The van der Waals surface area contributed by atoms with Crippen molar-refractivity contribution < 1.29 is 4.74 Å². The van der Waals surface area contributed by atoms with Crippen molar-refractivity contribution in [3.05, 3.63) is 58.6 Å². The number of anilines is 1. The van der Waals surface area contributed by atoms with Gasteiger partial charge >= 0.3 is 0 Å². The summed E-state index contributed by atoms with van der Waals surface area (Å²) in [4.78, 5) is 0. The van der Waals surface area contributed by atoms with Crippen LogP contribution in [0.1, 0.15) is 31.9 Å². The second kappa shape index (κ2) is 6.40. The fourth-order valence-electron chi connectivity index (χ4n) is 2.14. The highest BCUT2D eigenvalue weighted by molar-refractivity contribution is 6.30. The van der Waals surface area contributed by atoms with Crippen LogP contribution in [0.2, 0.25) is 5.02 Å². The second-order valence-electron chi connectivity index (χ2n) is 6.15. The average Bonchev–Trinajstić information content (AvgIpc) is 2.45. The van der Waals surface area contributed by atoms with Crippen LogP contribution in [0, 0.1) is 0 Å². The Bertz CT molecular complexity index is 600. The quantitative estimate of drug-likeness (QED) is 0.832.